The Balaban J connectivity index is 0.00000225. The molecule has 3 aromatic rings. The van der Waals surface area contributed by atoms with Gasteiger partial charge < -0.3 is 16.2 Å². The van der Waals surface area contributed by atoms with E-state index >= 15 is 0 Å². The number of hydrogen-bond acceptors (Lipinski definition) is 5. The third-order valence-electron chi connectivity index (χ3n) is 3.37. The average Bonchev–Trinajstić information content (AvgIpc) is 2.56. The average molecular weight is 422 g/mol. The van der Waals surface area contributed by atoms with Crippen molar-refractivity contribution in [1.29, 1.82) is 0 Å². The van der Waals surface area contributed by atoms with Gasteiger partial charge in [-0.05, 0) is 30.3 Å². The van der Waals surface area contributed by atoms with Gasteiger partial charge in [0.1, 0.15) is 5.82 Å². The minimum absolute atomic E-state index is 0. The Kier molecular flexibility index (Phi) is 5.95. The predicted molar refractivity (Wildman–Crippen MR) is 104 cm³/mol. The molecule has 1 heterocycles. The maximum absolute atomic E-state index is 10.8. The first-order valence-corrected chi connectivity index (χ1v) is 7.81. The Morgan fingerprint density at radius 3 is 2.36 bits per heavy atom. The zero-order chi connectivity index (χ0) is 17.1. The summed E-state index contributed by atoms with van der Waals surface area (Å²) in [5, 5.41) is 11.9. The van der Waals surface area contributed by atoms with Crippen molar-refractivity contribution in [3.63, 3.8) is 0 Å². The van der Waals surface area contributed by atoms with Crippen LogP contribution in [-0.4, -0.2) is 21.0 Å². The Labute approximate surface area is 158 Å². The van der Waals surface area contributed by atoms with E-state index in [0.717, 1.165) is 15.6 Å². The molecule has 6 nitrogen and oxygen atoms in total. The van der Waals surface area contributed by atoms with E-state index in [0.29, 0.717) is 17.5 Å². The van der Waals surface area contributed by atoms with Gasteiger partial charge in [0, 0.05) is 27.5 Å². The van der Waals surface area contributed by atoms with Gasteiger partial charge in [0.05, 0.1) is 5.56 Å². The van der Waals surface area contributed by atoms with Crippen LogP contribution in [0.15, 0.2) is 59.2 Å². The van der Waals surface area contributed by atoms with E-state index in [1.54, 1.807) is 18.3 Å². The number of benzene rings is 2. The van der Waals surface area contributed by atoms with E-state index in [2.05, 4.69) is 31.2 Å². The Morgan fingerprint density at radius 2 is 1.76 bits per heavy atom. The highest BCUT2D eigenvalue weighted by atomic mass is 79.9. The SMILES string of the molecule is Cl.Nc1nc(Nc2ccc(C(=O)O)cc2)ncc1-c1ccccc1Br. The summed E-state index contributed by atoms with van der Waals surface area (Å²) in [6.45, 7) is 0. The van der Waals surface area contributed by atoms with Gasteiger partial charge >= 0.3 is 5.97 Å². The standard InChI is InChI=1S/C17H13BrN4O2.ClH/c18-14-4-2-1-3-12(14)13-9-20-17(22-15(13)19)21-11-7-5-10(6-8-11)16(23)24;/h1-9H,(H,23,24)(H3,19,20,21,22);1H. The molecule has 0 spiro atoms. The molecular formula is C17H14BrClN4O2. The van der Waals surface area contributed by atoms with E-state index in [1.807, 2.05) is 24.3 Å². The zero-order valence-corrected chi connectivity index (χ0v) is 15.2. The monoisotopic (exact) mass is 420 g/mol. The summed E-state index contributed by atoms with van der Waals surface area (Å²) in [5.74, 6) is -0.284. The van der Waals surface area contributed by atoms with Gasteiger partial charge in [-0.15, -0.1) is 12.4 Å². The van der Waals surface area contributed by atoms with Crippen molar-refractivity contribution in [2.45, 2.75) is 0 Å². The van der Waals surface area contributed by atoms with Gasteiger partial charge in [0.2, 0.25) is 5.95 Å². The molecule has 0 amide bonds. The van der Waals surface area contributed by atoms with Gasteiger partial charge in [-0.3, -0.25) is 0 Å². The Bertz CT molecular complexity index is 903. The van der Waals surface area contributed by atoms with Gasteiger partial charge in [-0.2, -0.15) is 4.98 Å². The number of halogens is 2. The Hall–Kier alpha value is -2.64. The number of carboxylic acids is 1. The molecular weight excluding hydrogens is 408 g/mol. The minimum atomic E-state index is -0.972. The summed E-state index contributed by atoms with van der Waals surface area (Å²) in [7, 11) is 0. The first-order valence-electron chi connectivity index (χ1n) is 7.02. The summed E-state index contributed by atoms with van der Waals surface area (Å²) in [5.41, 5.74) is 8.58. The van der Waals surface area contributed by atoms with Crippen LogP contribution in [0.2, 0.25) is 0 Å². The van der Waals surface area contributed by atoms with Gasteiger partial charge in [-0.25, -0.2) is 9.78 Å². The number of hydrogen-bond donors (Lipinski definition) is 3. The number of rotatable bonds is 4. The molecule has 0 bridgehead atoms. The first-order chi connectivity index (χ1) is 11.5. The van der Waals surface area contributed by atoms with E-state index in [9.17, 15) is 4.79 Å². The van der Waals surface area contributed by atoms with E-state index < -0.39 is 5.97 Å². The fourth-order valence-electron chi connectivity index (χ4n) is 2.17. The summed E-state index contributed by atoms with van der Waals surface area (Å²) >= 11 is 3.48. The molecule has 0 unspecified atom stereocenters. The van der Waals surface area contributed by atoms with Crippen molar-refractivity contribution in [1.82, 2.24) is 9.97 Å². The van der Waals surface area contributed by atoms with Gasteiger partial charge in [0.15, 0.2) is 0 Å². The molecule has 4 N–H and O–H groups in total. The lowest BCUT2D eigenvalue weighted by Gasteiger charge is -2.10. The van der Waals surface area contributed by atoms with Crippen molar-refractivity contribution < 1.29 is 9.90 Å². The number of anilines is 3. The summed E-state index contributed by atoms with van der Waals surface area (Å²) in [6.07, 6.45) is 1.65. The molecule has 0 saturated heterocycles. The molecule has 0 saturated carbocycles. The molecule has 0 atom stereocenters. The fraction of sp³-hybridized carbons (Fsp3) is 0. The first kappa shape index (κ1) is 18.7. The van der Waals surface area contributed by atoms with E-state index in [1.165, 1.54) is 12.1 Å². The lowest BCUT2D eigenvalue weighted by molar-refractivity contribution is 0.0697. The Morgan fingerprint density at radius 1 is 1.08 bits per heavy atom. The number of nitrogens with one attached hydrogen (secondary N) is 1. The maximum atomic E-state index is 10.8. The molecule has 25 heavy (non-hydrogen) atoms. The molecule has 0 radical (unpaired) electrons. The van der Waals surface area contributed by atoms with Crippen molar-refractivity contribution in [2.24, 2.45) is 0 Å². The van der Waals surface area contributed by atoms with Gasteiger partial charge in [0.25, 0.3) is 0 Å². The van der Waals surface area contributed by atoms with Crippen LogP contribution < -0.4 is 11.1 Å². The van der Waals surface area contributed by atoms with Crippen molar-refractivity contribution in [3.8, 4) is 11.1 Å². The van der Waals surface area contributed by atoms with E-state index in [4.69, 9.17) is 10.8 Å². The summed E-state index contributed by atoms with van der Waals surface area (Å²) in [4.78, 5) is 19.4. The van der Waals surface area contributed by atoms with Crippen molar-refractivity contribution in [2.75, 3.05) is 11.1 Å². The third kappa shape index (κ3) is 4.26. The normalized spacial score (nSPS) is 9.96. The number of nitrogens with two attached hydrogens (primary N) is 1. The molecule has 0 aliphatic heterocycles. The molecule has 2 aromatic carbocycles. The molecule has 1 aromatic heterocycles. The largest absolute Gasteiger partial charge is 0.478 e. The van der Waals surface area contributed by atoms with Crippen molar-refractivity contribution >= 4 is 51.8 Å². The van der Waals surface area contributed by atoms with Crippen LogP contribution in [0.5, 0.6) is 0 Å². The lowest BCUT2D eigenvalue weighted by Crippen LogP contribution is -2.03. The second-order valence-electron chi connectivity index (χ2n) is 4.98. The third-order valence-corrected chi connectivity index (χ3v) is 4.06. The smallest absolute Gasteiger partial charge is 0.335 e. The number of aromatic carboxylic acids is 1. The molecule has 0 aliphatic rings. The predicted octanol–water partition coefficient (Wildman–Crippen LogP) is 4.35. The number of carbonyl (C=O) groups is 1. The summed E-state index contributed by atoms with van der Waals surface area (Å²) < 4.78 is 0.908. The van der Waals surface area contributed by atoms with Gasteiger partial charge in [-0.1, -0.05) is 34.1 Å². The molecule has 0 aliphatic carbocycles. The van der Waals surface area contributed by atoms with Crippen LogP contribution in [0.3, 0.4) is 0 Å². The molecule has 3 rings (SSSR count). The van der Waals surface area contributed by atoms with Crippen LogP contribution >= 0.6 is 28.3 Å². The fourth-order valence-corrected chi connectivity index (χ4v) is 2.67. The van der Waals surface area contributed by atoms with Crippen LogP contribution in [0.1, 0.15) is 10.4 Å². The minimum Gasteiger partial charge on any atom is -0.478 e. The number of carboxylic acid groups (broad SMARTS) is 1. The molecule has 128 valence electrons. The van der Waals surface area contributed by atoms with Crippen LogP contribution in [-0.2, 0) is 0 Å². The topological polar surface area (TPSA) is 101 Å². The highest BCUT2D eigenvalue weighted by Gasteiger charge is 2.10. The second kappa shape index (κ2) is 7.96. The molecule has 8 heteroatoms. The number of nitrogens with zero attached hydrogens (tertiary/aromatic N) is 2. The number of nitrogen functional groups attached to an aromatic ring is 1. The molecule has 0 fully saturated rings. The highest BCUT2D eigenvalue weighted by molar-refractivity contribution is 9.10. The second-order valence-corrected chi connectivity index (χ2v) is 5.83. The van der Waals surface area contributed by atoms with Crippen molar-refractivity contribution in [3.05, 3.63) is 64.8 Å². The zero-order valence-electron chi connectivity index (χ0n) is 12.8. The van der Waals surface area contributed by atoms with Crippen LogP contribution in [0, 0.1) is 0 Å². The van der Waals surface area contributed by atoms with Crippen LogP contribution in [0.25, 0.3) is 11.1 Å². The van der Waals surface area contributed by atoms with E-state index in [-0.39, 0.29) is 18.0 Å². The highest BCUT2D eigenvalue weighted by Crippen LogP contribution is 2.31. The number of aromatic nitrogens is 2. The quantitative estimate of drug-likeness (QED) is 0.579. The summed E-state index contributed by atoms with van der Waals surface area (Å²) in [6, 6.07) is 14.0. The maximum Gasteiger partial charge on any atom is 0.335 e. The lowest BCUT2D eigenvalue weighted by atomic mass is 10.1. The van der Waals surface area contributed by atoms with Crippen LogP contribution in [0.4, 0.5) is 17.5 Å².